The highest BCUT2D eigenvalue weighted by atomic mass is 16.2. The zero-order valence-corrected chi connectivity index (χ0v) is 10.9. The van der Waals surface area contributed by atoms with E-state index in [0.29, 0.717) is 6.04 Å². The lowest BCUT2D eigenvalue weighted by molar-refractivity contribution is -0.137. The number of amides is 1. The number of nitrogens with zero attached hydrogens (tertiary/aromatic N) is 1. The molecular weight excluding hydrogens is 200 g/mol. The molecule has 0 radical (unpaired) electrons. The average Bonchev–Trinajstić information content (AvgIpc) is 2.28. The molecule has 1 aliphatic rings. The average molecular weight is 226 g/mol. The van der Waals surface area contributed by atoms with Crippen molar-refractivity contribution in [2.75, 3.05) is 6.54 Å². The molecule has 3 nitrogen and oxygen atoms in total. The summed E-state index contributed by atoms with van der Waals surface area (Å²) in [5, 5.41) is 0. The van der Waals surface area contributed by atoms with E-state index in [9.17, 15) is 4.79 Å². The first-order valence-corrected chi connectivity index (χ1v) is 6.64. The predicted molar refractivity (Wildman–Crippen MR) is 67.1 cm³/mol. The molecule has 1 heterocycles. The van der Waals surface area contributed by atoms with E-state index in [2.05, 4.69) is 6.92 Å². The Kier molecular flexibility index (Phi) is 5.26. The van der Waals surface area contributed by atoms with Crippen molar-refractivity contribution in [3.63, 3.8) is 0 Å². The van der Waals surface area contributed by atoms with E-state index in [4.69, 9.17) is 5.73 Å². The molecule has 1 fully saturated rings. The summed E-state index contributed by atoms with van der Waals surface area (Å²) in [6.07, 6.45) is 5.81. The van der Waals surface area contributed by atoms with Gasteiger partial charge in [0.2, 0.25) is 5.91 Å². The molecule has 0 aromatic carbocycles. The lowest BCUT2D eigenvalue weighted by Crippen LogP contribution is -2.52. The van der Waals surface area contributed by atoms with Gasteiger partial charge in [-0.1, -0.05) is 27.2 Å². The number of nitrogens with two attached hydrogens (primary N) is 1. The van der Waals surface area contributed by atoms with Crippen molar-refractivity contribution in [2.45, 2.75) is 65.0 Å². The fraction of sp³-hybridized carbons (Fsp3) is 0.923. The molecule has 0 aromatic rings. The van der Waals surface area contributed by atoms with Gasteiger partial charge in [0.15, 0.2) is 0 Å². The van der Waals surface area contributed by atoms with Crippen LogP contribution in [0, 0.1) is 5.92 Å². The molecule has 0 saturated carbocycles. The number of carbonyl (C=O) groups excluding carboxylic acids is 1. The van der Waals surface area contributed by atoms with Crippen molar-refractivity contribution in [3.8, 4) is 0 Å². The van der Waals surface area contributed by atoms with Gasteiger partial charge < -0.3 is 10.6 Å². The van der Waals surface area contributed by atoms with Crippen LogP contribution in [0.5, 0.6) is 0 Å². The van der Waals surface area contributed by atoms with Crippen LogP contribution in [0.15, 0.2) is 0 Å². The quantitative estimate of drug-likeness (QED) is 0.798. The SMILES string of the molecule is CCCC1CCCCN1C(=O)C(N)C(C)C. The van der Waals surface area contributed by atoms with Gasteiger partial charge in [-0.15, -0.1) is 0 Å². The standard InChI is InChI=1S/C13H26N2O/c1-4-7-11-8-5-6-9-15(11)13(16)12(14)10(2)3/h10-12H,4-9,14H2,1-3H3. The van der Waals surface area contributed by atoms with E-state index in [1.165, 1.54) is 6.42 Å². The fourth-order valence-electron chi connectivity index (χ4n) is 2.40. The van der Waals surface area contributed by atoms with Gasteiger partial charge in [0, 0.05) is 12.6 Å². The molecule has 1 rings (SSSR count). The minimum absolute atomic E-state index is 0.160. The van der Waals surface area contributed by atoms with Crippen molar-refractivity contribution in [1.82, 2.24) is 4.90 Å². The Morgan fingerprint density at radius 2 is 2.12 bits per heavy atom. The van der Waals surface area contributed by atoms with Crippen molar-refractivity contribution in [2.24, 2.45) is 11.7 Å². The summed E-state index contributed by atoms with van der Waals surface area (Å²) >= 11 is 0. The van der Waals surface area contributed by atoms with Crippen LogP contribution in [0.4, 0.5) is 0 Å². The molecule has 94 valence electrons. The van der Waals surface area contributed by atoms with Crippen LogP contribution in [-0.4, -0.2) is 29.4 Å². The van der Waals surface area contributed by atoms with Crippen LogP contribution in [0.25, 0.3) is 0 Å². The minimum Gasteiger partial charge on any atom is -0.338 e. The molecule has 1 aliphatic heterocycles. The zero-order chi connectivity index (χ0) is 12.1. The molecule has 2 unspecified atom stereocenters. The van der Waals surface area contributed by atoms with E-state index in [1.807, 2.05) is 18.7 Å². The number of hydrogen-bond donors (Lipinski definition) is 1. The van der Waals surface area contributed by atoms with Gasteiger partial charge in [0.05, 0.1) is 6.04 Å². The zero-order valence-electron chi connectivity index (χ0n) is 10.9. The van der Waals surface area contributed by atoms with Gasteiger partial charge in [-0.25, -0.2) is 0 Å². The number of carbonyl (C=O) groups is 1. The molecule has 0 bridgehead atoms. The topological polar surface area (TPSA) is 46.3 Å². The molecule has 1 saturated heterocycles. The summed E-state index contributed by atoms with van der Waals surface area (Å²) in [7, 11) is 0. The Morgan fingerprint density at radius 3 is 2.69 bits per heavy atom. The lowest BCUT2D eigenvalue weighted by atomic mass is 9.95. The largest absolute Gasteiger partial charge is 0.338 e. The van der Waals surface area contributed by atoms with E-state index in [0.717, 1.165) is 32.2 Å². The Balaban J connectivity index is 2.63. The highest BCUT2D eigenvalue weighted by molar-refractivity contribution is 5.82. The Labute approximate surface area is 99.4 Å². The second-order valence-corrected chi connectivity index (χ2v) is 5.24. The number of piperidine rings is 1. The van der Waals surface area contributed by atoms with E-state index < -0.39 is 0 Å². The third-order valence-corrected chi connectivity index (χ3v) is 3.54. The first kappa shape index (κ1) is 13.5. The first-order valence-electron chi connectivity index (χ1n) is 6.64. The van der Waals surface area contributed by atoms with Gasteiger partial charge in [-0.2, -0.15) is 0 Å². The summed E-state index contributed by atoms with van der Waals surface area (Å²) in [6, 6.07) is 0.119. The van der Waals surface area contributed by atoms with E-state index >= 15 is 0 Å². The second-order valence-electron chi connectivity index (χ2n) is 5.24. The van der Waals surface area contributed by atoms with Gasteiger partial charge >= 0.3 is 0 Å². The van der Waals surface area contributed by atoms with Crippen molar-refractivity contribution in [1.29, 1.82) is 0 Å². The van der Waals surface area contributed by atoms with Gasteiger partial charge in [-0.05, 0) is 31.6 Å². The monoisotopic (exact) mass is 226 g/mol. The Bertz CT molecular complexity index is 226. The molecule has 1 amide bonds. The number of hydrogen-bond acceptors (Lipinski definition) is 2. The lowest BCUT2D eigenvalue weighted by Gasteiger charge is -2.38. The van der Waals surface area contributed by atoms with Gasteiger partial charge in [-0.3, -0.25) is 4.79 Å². The summed E-state index contributed by atoms with van der Waals surface area (Å²) in [4.78, 5) is 14.3. The van der Waals surface area contributed by atoms with Crippen LogP contribution >= 0.6 is 0 Å². The maximum absolute atomic E-state index is 12.2. The molecule has 0 aromatic heterocycles. The highest BCUT2D eigenvalue weighted by Crippen LogP contribution is 2.22. The molecule has 2 N–H and O–H groups in total. The summed E-state index contributed by atoms with van der Waals surface area (Å²) in [6.45, 7) is 7.12. The maximum atomic E-state index is 12.2. The third kappa shape index (κ3) is 3.21. The molecular formula is C13H26N2O. The van der Waals surface area contributed by atoms with Gasteiger partial charge in [0.1, 0.15) is 0 Å². The van der Waals surface area contributed by atoms with E-state index in [1.54, 1.807) is 0 Å². The van der Waals surface area contributed by atoms with Crippen LogP contribution in [-0.2, 0) is 4.79 Å². The van der Waals surface area contributed by atoms with Crippen LogP contribution in [0.3, 0.4) is 0 Å². The minimum atomic E-state index is -0.322. The van der Waals surface area contributed by atoms with Crippen molar-refractivity contribution in [3.05, 3.63) is 0 Å². The maximum Gasteiger partial charge on any atom is 0.239 e. The van der Waals surface area contributed by atoms with E-state index in [-0.39, 0.29) is 17.9 Å². The molecule has 3 heteroatoms. The Hall–Kier alpha value is -0.570. The van der Waals surface area contributed by atoms with Crippen LogP contribution < -0.4 is 5.73 Å². The molecule has 0 aliphatic carbocycles. The third-order valence-electron chi connectivity index (χ3n) is 3.54. The fourth-order valence-corrected chi connectivity index (χ4v) is 2.40. The summed E-state index contributed by atoms with van der Waals surface area (Å²) in [5.41, 5.74) is 5.96. The predicted octanol–water partition coefficient (Wildman–Crippen LogP) is 2.15. The number of rotatable bonds is 4. The summed E-state index contributed by atoms with van der Waals surface area (Å²) < 4.78 is 0. The highest BCUT2D eigenvalue weighted by Gasteiger charge is 2.30. The first-order chi connectivity index (χ1) is 7.57. The smallest absolute Gasteiger partial charge is 0.239 e. The van der Waals surface area contributed by atoms with Gasteiger partial charge in [0.25, 0.3) is 0 Å². The molecule has 0 spiro atoms. The van der Waals surface area contributed by atoms with Crippen molar-refractivity contribution < 1.29 is 4.79 Å². The normalized spacial score (nSPS) is 23.6. The molecule has 16 heavy (non-hydrogen) atoms. The number of likely N-dealkylation sites (tertiary alicyclic amines) is 1. The van der Waals surface area contributed by atoms with Crippen LogP contribution in [0.2, 0.25) is 0 Å². The van der Waals surface area contributed by atoms with Crippen molar-refractivity contribution >= 4 is 5.91 Å². The second kappa shape index (κ2) is 6.24. The van der Waals surface area contributed by atoms with Crippen LogP contribution in [0.1, 0.15) is 52.9 Å². The molecule has 2 atom stereocenters. The Morgan fingerprint density at radius 1 is 1.44 bits per heavy atom. The summed E-state index contributed by atoms with van der Waals surface area (Å²) in [5.74, 6) is 0.393.